The molecule has 0 radical (unpaired) electrons. The van der Waals surface area contributed by atoms with Crippen LogP contribution in [0.1, 0.15) is 47.2 Å². The number of aliphatic hydroxyl groups excluding tert-OH is 5. The first-order valence-corrected chi connectivity index (χ1v) is 21.9. The van der Waals surface area contributed by atoms with E-state index in [0.717, 1.165) is 16.7 Å². The maximum Gasteiger partial charge on any atom is 0.524 e. The monoisotopic (exact) mass is 910 g/mol. The number of benzene rings is 4. The molecule has 1 saturated carbocycles. The maximum absolute atomic E-state index is 13.8. The second-order valence-electron chi connectivity index (χ2n) is 15.5. The van der Waals surface area contributed by atoms with E-state index < -0.39 is 80.6 Å². The summed E-state index contributed by atoms with van der Waals surface area (Å²) in [6, 6.07) is 25.1. The number of oxime groups is 1. The van der Waals surface area contributed by atoms with Crippen LogP contribution in [-0.4, -0.2) is 115 Å². The van der Waals surface area contributed by atoms with Crippen molar-refractivity contribution in [2.45, 2.75) is 94.5 Å². The molecule has 2 aliphatic heterocycles. The molecule has 19 heteroatoms. The Bertz CT molecular complexity index is 2350. The Balaban J connectivity index is 1.28. The average molecular weight is 911 g/mol. The molecule has 0 aromatic heterocycles. The molecule has 63 heavy (non-hydrogen) atoms. The summed E-state index contributed by atoms with van der Waals surface area (Å²) in [4.78, 5) is 39.8. The van der Waals surface area contributed by atoms with Crippen LogP contribution in [0.25, 0.3) is 6.08 Å². The number of hydrogen-bond donors (Lipinski definition) is 8. The number of phosphoric acid groups is 1. The summed E-state index contributed by atoms with van der Waals surface area (Å²) in [6.45, 7) is 2.80. The Morgan fingerprint density at radius 1 is 0.810 bits per heavy atom. The molecule has 3 aliphatic rings. The van der Waals surface area contributed by atoms with Crippen molar-refractivity contribution in [3.05, 3.63) is 135 Å². The van der Waals surface area contributed by atoms with Crippen molar-refractivity contribution in [2.24, 2.45) is 5.16 Å². The Morgan fingerprint density at radius 2 is 1.43 bits per heavy atom. The number of aliphatic hydroxyl groups is 5. The van der Waals surface area contributed by atoms with E-state index in [0.29, 0.717) is 16.1 Å². The first-order chi connectivity index (χ1) is 30.1. The van der Waals surface area contributed by atoms with Gasteiger partial charge in [0.05, 0.1) is 11.8 Å². The molecule has 17 nitrogen and oxygen atoms in total. The molecule has 1 amide bonds. The zero-order valence-corrected chi connectivity index (χ0v) is 35.7. The van der Waals surface area contributed by atoms with Crippen LogP contribution in [0, 0.1) is 0 Å². The fraction of sp³-hybridized carbons (Fsp3) is 0.364. The van der Waals surface area contributed by atoms with Crippen LogP contribution in [-0.2, 0) is 47.9 Å². The third kappa shape index (κ3) is 11.0. The Hall–Kier alpha value is -4.72. The second kappa shape index (κ2) is 20.0. The lowest BCUT2D eigenvalue weighted by Crippen LogP contribution is -2.67. The highest BCUT2D eigenvalue weighted by atomic mass is 35.5. The first kappa shape index (κ1) is 46.3. The van der Waals surface area contributed by atoms with Crippen molar-refractivity contribution in [3.8, 4) is 11.5 Å². The lowest BCUT2D eigenvalue weighted by Gasteiger charge is -2.41. The van der Waals surface area contributed by atoms with Crippen molar-refractivity contribution >= 4 is 37.1 Å². The molecule has 8 N–H and O–H groups in total. The van der Waals surface area contributed by atoms with Crippen LogP contribution >= 0.6 is 19.4 Å². The summed E-state index contributed by atoms with van der Waals surface area (Å²) in [5, 5.41) is 62.3. The first-order valence-electron chi connectivity index (χ1n) is 20.0. The Labute approximate surface area is 367 Å². The molecule has 7 rings (SSSR count). The molecule has 4 aromatic rings. The number of rotatable bonds is 15. The van der Waals surface area contributed by atoms with Crippen molar-refractivity contribution in [1.82, 2.24) is 5.32 Å². The number of carbonyl (C=O) groups excluding carboxylic acids is 1. The molecular weight excluding hydrogens is 863 g/mol. The molecule has 2 saturated heterocycles. The van der Waals surface area contributed by atoms with Crippen molar-refractivity contribution in [1.29, 1.82) is 0 Å². The normalized spacial score (nSPS) is 27.5. The molecule has 3 fully saturated rings. The van der Waals surface area contributed by atoms with Gasteiger partial charge in [-0.05, 0) is 72.4 Å². The molecule has 0 bridgehead atoms. The largest absolute Gasteiger partial charge is 0.524 e. The lowest BCUT2D eigenvalue weighted by molar-refractivity contribution is -0.155. The number of carbonyl (C=O) groups is 1. The maximum atomic E-state index is 13.8. The highest BCUT2D eigenvalue weighted by molar-refractivity contribution is 7.46. The molecule has 336 valence electrons. The van der Waals surface area contributed by atoms with E-state index in [2.05, 4.69) is 10.5 Å². The lowest BCUT2D eigenvalue weighted by atomic mass is 9.83. The summed E-state index contributed by atoms with van der Waals surface area (Å²) >= 11 is 6.08. The van der Waals surface area contributed by atoms with Gasteiger partial charge in [-0.25, -0.2) is 4.57 Å². The quantitative estimate of drug-likeness (QED) is 0.0369. The zero-order chi connectivity index (χ0) is 45.0. The predicted octanol–water partition coefficient (Wildman–Crippen LogP) is 3.14. The highest BCUT2D eigenvalue weighted by Crippen LogP contribution is 2.48. The van der Waals surface area contributed by atoms with Gasteiger partial charge in [-0.1, -0.05) is 89.6 Å². The molecular formula is C44H48ClN2O15P. The fourth-order valence-electron chi connectivity index (χ4n) is 7.82. The number of fused-ring (bicyclic) bond motifs is 1. The van der Waals surface area contributed by atoms with Gasteiger partial charge in [0.2, 0.25) is 12.2 Å². The van der Waals surface area contributed by atoms with Crippen LogP contribution in [0.15, 0.2) is 102 Å². The van der Waals surface area contributed by atoms with Crippen LogP contribution in [0.5, 0.6) is 11.5 Å². The van der Waals surface area contributed by atoms with Crippen molar-refractivity contribution < 1.29 is 73.0 Å². The fourth-order valence-corrected chi connectivity index (χ4v) is 8.42. The Kier molecular flexibility index (Phi) is 14.7. The van der Waals surface area contributed by atoms with Crippen LogP contribution in [0.2, 0.25) is 5.02 Å². The van der Waals surface area contributed by atoms with Gasteiger partial charge in [0, 0.05) is 22.6 Å². The third-order valence-corrected chi connectivity index (χ3v) is 11.7. The van der Waals surface area contributed by atoms with E-state index in [-0.39, 0.29) is 48.8 Å². The van der Waals surface area contributed by atoms with E-state index in [1.165, 1.54) is 26.0 Å². The van der Waals surface area contributed by atoms with E-state index in [9.17, 15) is 44.7 Å². The Morgan fingerprint density at radius 3 is 2.06 bits per heavy atom. The minimum atomic E-state index is -5.34. The van der Waals surface area contributed by atoms with Gasteiger partial charge in [-0.2, -0.15) is 0 Å². The molecule has 10 unspecified atom stereocenters. The summed E-state index contributed by atoms with van der Waals surface area (Å²) in [6.07, 6.45) is -11.0. The second-order valence-corrected chi connectivity index (χ2v) is 17.1. The van der Waals surface area contributed by atoms with Gasteiger partial charge in [-0.3, -0.25) is 14.6 Å². The minimum Gasteiger partial charge on any atom is -0.458 e. The smallest absolute Gasteiger partial charge is 0.458 e. The third-order valence-electron chi connectivity index (χ3n) is 11.0. The zero-order valence-electron chi connectivity index (χ0n) is 34.0. The summed E-state index contributed by atoms with van der Waals surface area (Å²) in [5.41, 5.74) is 3.53. The van der Waals surface area contributed by atoms with Gasteiger partial charge in [0.25, 0.3) is 0 Å². The van der Waals surface area contributed by atoms with Crippen LogP contribution in [0.4, 0.5) is 0 Å². The standard InChI is InChI=1S/C44H48ClN2O15P/c1-23(43(53)46-33-34(48)36(50)42-41(35(33)49)57-22-58-42)16-28-20-32(62-63(54,55)56)40(31(19-26-12-7-4-8-13-26)30(28)18-25-10-5-3-6-11-25)61-44-38(52)37(51)39(60-44)24(2)47-59-21-27-14-9-15-29(45)17-27/h3-17,20,33-39,41-42,44,48-52H,18-19,21-22H2,1-2H3,(H,46,53)(H2,54,55,56)/b23-16?,47-24+. The number of amides is 1. The number of phosphoric ester groups is 1. The van der Waals surface area contributed by atoms with Crippen LogP contribution < -0.4 is 14.6 Å². The molecule has 2 heterocycles. The number of nitrogens with one attached hydrogen (secondary N) is 1. The number of ether oxygens (including phenoxy) is 4. The van der Waals surface area contributed by atoms with Gasteiger partial charge >= 0.3 is 7.82 Å². The van der Waals surface area contributed by atoms with E-state index >= 15 is 0 Å². The molecule has 1 aliphatic carbocycles. The van der Waals surface area contributed by atoms with Gasteiger partial charge < -0.3 is 59.2 Å². The summed E-state index contributed by atoms with van der Waals surface area (Å²) < 4.78 is 41.0. The van der Waals surface area contributed by atoms with E-state index in [1.807, 2.05) is 48.5 Å². The minimum absolute atomic E-state index is 0.0261. The van der Waals surface area contributed by atoms with E-state index in [4.69, 9.17) is 39.9 Å². The summed E-state index contributed by atoms with van der Waals surface area (Å²) in [5.74, 6) is -1.47. The van der Waals surface area contributed by atoms with Crippen LogP contribution in [0.3, 0.4) is 0 Å². The molecule has 10 atom stereocenters. The molecule has 4 aromatic carbocycles. The van der Waals surface area contributed by atoms with Gasteiger partial charge in [0.15, 0.2) is 11.5 Å². The van der Waals surface area contributed by atoms with Crippen molar-refractivity contribution in [2.75, 3.05) is 6.79 Å². The van der Waals surface area contributed by atoms with Crippen molar-refractivity contribution in [3.63, 3.8) is 0 Å². The predicted molar refractivity (Wildman–Crippen MR) is 226 cm³/mol. The average Bonchev–Trinajstić information content (AvgIpc) is 3.86. The number of halogens is 1. The topological polar surface area (TPSA) is 256 Å². The SMILES string of the molecule is CC(=Cc1cc(OP(=O)(O)O)c(OC2OC(/C(C)=N/OCc3cccc(Cl)c3)C(O)C2O)c(Cc2ccccc2)c1Cc1ccccc1)C(=O)NC1C(O)C(O)C2OCOC2C1O. The van der Waals surface area contributed by atoms with Gasteiger partial charge in [0.1, 0.15) is 62.2 Å². The highest BCUT2D eigenvalue weighted by Gasteiger charge is 2.53. The van der Waals surface area contributed by atoms with E-state index in [1.54, 1.807) is 36.4 Å². The molecule has 0 spiro atoms. The number of nitrogens with zero attached hydrogens (tertiary/aromatic N) is 1. The van der Waals surface area contributed by atoms with Gasteiger partial charge in [-0.15, -0.1) is 0 Å². The summed E-state index contributed by atoms with van der Waals surface area (Å²) in [7, 11) is -5.34. The number of hydrogen-bond acceptors (Lipinski definition) is 14.